The summed E-state index contributed by atoms with van der Waals surface area (Å²) in [5.41, 5.74) is 2.62. The van der Waals surface area contributed by atoms with Crippen LogP contribution in [0.4, 0.5) is 0 Å². The second-order valence-corrected chi connectivity index (χ2v) is 5.79. The van der Waals surface area contributed by atoms with E-state index in [0.717, 1.165) is 13.1 Å². The molecule has 1 aliphatic rings. The van der Waals surface area contributed by atoms with Gasteiger partial charge in [0.25, 0.3) is 0 Å². The van der Waals surface area contributed by atoms with Crippen molar-refractivity contribution in [2.45, 2.75) is 32.2 Å². The second-order valence-electron chi connectivity index (χ2n) is 5.79. The number of aromatic nitrogens is 1. The fourth-order valence-electron chi connectivity index (χ4n) is 3.12. The normalized spacial score (nSPS) is 17.4. The zero-order valence-corrected chi connectivity index (χ0v) is 12.2. The number of fused-ring (bicyclic) bond motifs is 1. The Balaban J connectivity index is 1.46. The number of rotatable bonds is 5. The molecule has 1 aliphatic heterocycles. The fraction of sp³-hybridized carbons (Fsp3) is 0.529. The van der Waals surface area contributed by atoms with Crippen LogP contribution in [0.1, 0.15) is 31.2 Å². The molecule has 3 rings (SSSR count). The summed E-state index contributed by atoms with van der Waals surface area (Å²) in [7, 11) is 0. The molecular weight excluding hydrogens is 246 g/mol. The van der Waals surface area contributed by atoms with E-state index in [2.05, 4.69) is 39.5 Å². The summed E-state index contributed by atoms with van der Waals surface area (Å²) < 4.78 is 0. The quantitative estimate of drug-likeness (QED) is 0.819. The molecule has 3 heteroatoms. The van der Waals surface area contributed by atoms with Gasteiger partial charge in [0, 0.05) is 36.7 Å². The molecule has 1 aromatic heterocycles. The van der Waals surface area contributed by atoms with Crippen molar-refractivity contribution in [3.63, 3.8) is 0 Å². The Labute approximate surface area is 121 Å². The number of H-pyrrole nitrogens is 1. The minimum atomic E-state index is 0.961. The first kappa shape index (κ1) is 13.7. The summed E-state index contributed by atoms with van der Waals surface area (Å²) in [6, 6.07) is 8.65. The first-order valence-electron chi connectivity index (χ1n) is 7.91. The monoisotopic (exact) mass is 271 g/mol. The molecule has 2 N–H and O–H groups in total. The van der Waals surface area contributed by atoms with Crippen molar-refractivity contribution in [2.75, 3.05) is 26.2 Å². The highest BCUT2D eigenvalue weighted by molar-refractivity contribution is 5.82. The lowest BCUT2D eigenvalue weighted by atomic mass is 10.1. The molecule has 0 amide bonds. The highest BCUT2D eigenvalue weighted by Gasteiger charge is 2.08. The van der Waals surface area contributed by atoms with Crippen molar-refractivity contribution in [1.29, 1.82) is 0 Å². The average Bonchev–Trinajstić information content (AvgIpc) is 2.81. The summed E-state index contributed by atoms with van der Waals surface area (Å²) in [6.45, 7) is 5.80. The van der Waals surface area contributed by atoms with Crippen LogP contribution >= 0.6 is 0 Å². The van der Waals surface area contributed by atoms with Gasteiger partial charge in [-0.1, -0.05) is 25.0 Å². The van der Waals surface area contributed by atoms with Gasteiger partial charge in [0.05, 0.1) is 0 Å². The molecule has 0 aliphatic carbocycles. The van der Waals surface area contributed by atoms with Gasteiger partial charge in [0.2, 0.25) is 0 Å². The molecule has 0 spiro atoms. The number of hydrogen-bond donors (Lipinski definition) is 2. The lowest BCUT2D eigenvalue weighted by Gasteiger charge is -2.19. The SMILES string of the molecule is c1cc(CNCCN2CCCCCC2)c2cc[nH]c2c1. The van der Waals surface area contributed by atoms with E-state index in [4.69, 9.17) is 0 Å². The Morgan fingerprint density at radius 2 is 1.90 bits per heavy atom. The minimum Gasteiger partial charge on any atom is -0.361 e. The van der Waals surface area contributed by atoms with Crippen LogP contribution in [0.25, 0.3) is 10.9 Å². The molecule has 1 fully saturated rings. The highest BCUT2D eigenvalue weighted by atomic mass is 15.1. The van der Waals surface area contributed by atoms with E-state index in [1.807, 2.05) is 6.20 Å². The number of likely N-dealkylation sites (tertiary alicyclic amines) is 1. The maximum Gasteiger partial charge on any atom is 0.0457 e. The number of hydrogen-bond acceptors (Lipinski definition) is 2. The van der Waals surface area contributed by atoms with Gasteiger partial charge in [-0.3, -0.25) is 0 Å². The van der Waals surface area contributed by atoms with Crippen molar-refractivity contribution in [2.24, 2.45) is 0 Å². The first-order chi connectivity index (χ1) is 9.93. The third-order valence-electron chi connectivity index (χ3n) is 4.30. The standard InChI is InChI=1S/C17H25N3/c1-2-4-12-20(11-3-1)13-10-18-14-15-6-5-7-17-16(15)8-9-19-17/h5-9,18-19H,1-4,10-14H2. The maximum atomic E-state index is 3.60. The Bertz CT molecular complexity index is 524. The van der Waals surface area contributed by atoms with Crippen LogP contribution in [0.5, 0.6) is 0 Å². The Kier molecular flexibility index (Phi) is 4.72. The second kappa shape index (κ2) is 6.91. The lowest BCUT2D eigenvalue weighted by Crippen LogP contribution is -2.32. The average molecular weight is 271 g/mol. The molecule has 20 heavy (non-hydrogen) atoms. The number of aromatic amines is 1. The van der Waals surface area contributed by atoms with Crippen molar-refractivity contribution in [3.8, 4) is 0 Å². The van der Waals surface area contributed by atoms with Crippen molar-refractivity contribution >= 4 is 10.9 Å². The first-order valence-corrected chi connectivity index (χ1v) is 7.91. The van der Waals surface area contributed by atoms with Crippen LogP contribution in [-0.2, 0) is 6.54 Å². The summed E-state index contributed by atoms with van der Waals surface area (Å²) in [5, 5.41) is 4.94. The Morgan fingerprint density at radius 3 is 2.75 bits per heavy atom. The van der Waals surface area contributed by atoms with E-state index in [-0.39, 0.29) is 0 Å². The van der Waals surface area contributed by atoms with Gasteiger partial charge < -0.3 is 15.2 Å². The van der Waals surface area contributed by atoms with E-state index >= 15 is 0 Å². The van der Waals surface area contributed by atoms with Crippen LogP contribution in [0.3, 0.4) is 0 Å². The van der Waals surface area contributed by atoms with Crippen LogP contribution in [0.15, 0.2) is 30.5 Å². The summed E-state index contributed by atoms with van der Waals surface area (Å²) in [5.74, 6) is 0. The van der Waals surface area contributed by atoms with Gasteiger partial charge in [-0.15, -0.1) is 0 Å². The van der Waals surface area contributed by atoms with E-state index in [9.17, 15) is 0 Å². The molecule has 0 unspecified atom stereocenters. The molecule has 0 saturated carbocycles. The van der Waals surface area contributed by atoms with Crippen molar-refractivity contribution < 1.29 is 0 Å². The number of nitrogens with one attached hydrogen (secondary N) is 2. The molecule has 0 radical (unpaired) electrons. The molecular formula is C17H25N3. The van der Waals surface area contributed by atoms with Crippen LogP contribution in [0, 0.1) is 0 Å². The number of benzene rings is 1. The van der Waals surface area contributed by atoms with Gasteiger partial charge in [0.1, 0.15) is 0 Å². The van der Waals surface area contributed by atoms with E-state index in [0.29, 0.717) is 0 Å². The van der Waals surface area contributed by atoms with Gasteiger partial charge in [-0.25, -0.2) is 0 Å². The van der Waals surface area contributed by atoms with Crippen molar-refractivity contribution in [1.82, 2.24) is 15.2 Å². The summed E-state index contributed by atoms with van der Waals surface area (Å²) in [6.07, 6.45) is 7.61. The molecule has 108 valence electrons. The molecule has 1 saturated heterocycles. The van der Waals surface area contributed by atoms with Gasteiger partial charge in [0.15, 0.2) is 0 Å². The highest BCUT2D eigenvalue weighted by Crippen LogP contribution is 2.17. The minimum absolute atomic E-state index is 0.961. The molecule has 0 atom stereocenters. The van der Waals surface area contributed by atoms with E-state index in [1.165, 1.54) is 61.8 Å². The predicted molar refractivity (Wildman–Crippen MR) is 84.9 cm³/mol. The molecule has 2 heterocycles. The number of nitrogens with zero attached hydrogens (tertiary/aromatic N) is 1. The van der Waals surface area contributed by atoms with E-state index < -0.39 is 0 Å². The summed E-state index contributed by atoms with van der Waals surface area (Å²) in [4.78, 5) is 5.88. The van der Waals surface area contributed by atoms with Crippen LogP contribution < -0.4 is 5.32 Å². The zero-order valence-electron chi connectivity index (χ0n) is 12.2. The summed E-state index contributed by atoms with van der Waals surface area (Å²) >= 11 is 0. The van der Waals surface area contributed by atoms with Crippen LogP contribution in [-0.4, -0.2) is 36.1 Å². The third kappa shape index (κ3) is 3.41. The topological polar surface area (TPSA) is 31.1 Å². The lowest BCUT2D eigenvalue weighted by molar-refractivity contribution is 0.284. The van der Waals surface area contributed by atoms with E-state index in [1.54, 1.807) is 0 Å². The molecule has 0 bridgehead atoms. The zero-order chi connectivity index (χ0) is 13.6. The Hall–Kier alpha value is -1.32. The predicted octanol–water partition coefficient (Wildman–Crippen LogP) is 3.13. The molecule has 1 aromatic carbocycles. The smallest absolute Gasteiger partial charge is 0.0457 e. The molecule has 3 nitrogen and oxygen atoms in total. The molecule has 2 aromatic rings. The van der Waals surface area contributed by atoms with Crippen LogP contribution in [0.2, 0.25) is 0 Å². The maximum absolute atomic E-state index is 3.60. The fourth-order valence-corrected chi connectivity index (χ4v) is 3.12. The van der Waals surface area contributed by atoms with Gasteiger partial charge in [-0.2, -0.15) is 0 Å². The van der Waals surface area contributed by atoms with Crippen molar-refractivity contribution in [3.05, 3.63) is 36.0 Å². The Morgan fingerprint density at radius 1 is 1.05 bits per heavy atom. The van der Waals surface area contributed by atoms with Gasteiger partial charge in [-0.05, 0) is 43.6 Å². The third-order valence-corrected chi connectivity index (χ3v) is 4.30. The van der Waals surface area contributed by atoms with Gasteiger partial charge >= 0.3 is 0 Å². The largest absolute Gasteiger partial charge is 0.361 e.